The number of hydrogen-bond donors (Lipinski definition) is 3. The lowest BCUT2D eigenvalue weighted by atomic mass is 10.0. The van der Waals surface area contributed by atoms with Crippen LogP contribution in [0.25, 0.3) is 0 Å². The predicted octanol–water partition coefficient (Wildman–Crippen LogP) is -0.0359. The van der Waals surface area contributed by atoms with Crippen molar-refractivity contribution in [2.24, 2.45) is 5.92 Å². The summed E-state index contributed by atoms with van der Waals surface area (Å²) >= 11 is 0. The van der Waals surface area contributed by atoms with E-state index >= 15 is 0 Å². The molecule has 4 heteroatoms. The van der Waals surface area contributed by atoms with E-state index in [9.17, 15) is 4.79 Å². The summed E-state index contributed by atoms with van der Waals surface area (Å²) < 4.78 is 0. The van der Waals surface area contributed by atoms with E-state index in [4.69, 9.17) is 15.3 Å². The van der Waals surface area contributed by atoms with Crippen molar-refractivity contribution in [2.45, 2.75) is 19.6 Å². The lowest BCUT2D eigenvalue weighted by molar-refractivity contribution is -0.168. The summed E-state index contributed by atoms with van der Waals surface area (Å²) in [4.78, 5) is 9.98. The Balaban J connectivity index is 4.07. The topological polar surface area (TPSA) is 77.8 Å². The molecule has 0 aromatic heterocycles. The first-order valence-electron chi connectivity index (χ1n) is 3.20. The van der Waals surface area contributed by atoms with Gasteiger partial charge in [-0.25, -0.2) is 4.79 Å². The Morgan fingerprint density at radius 2 is 2.00 bits per heavy atom. The molecule has 0 spiro atoms. The number of rotatable bonds is 3. The van der Waals surface area contributed by atoms with E-state index in [1.165, 1.54) is 19.9 Å². The second kappa shape index (κ2) is 3.50. The highest BCUT2D eigenvalue weighted by molar-refractivity contribution is 5.79. The predicted molar refractivity (Wildman–Crippen MR) is 38.8 cm³/mol. The average Bonchev–Trinajstić information content (AvgIpc) is 1.80. The number of aliphatic hydroxyl groups is 2. The van der Waals surface area contributed by atoms with Gasteiger partial charge in [0.1, 0.15) is 0 Å². The first-order valence-corrected chi connectivity index (χ1v) is 3.20. The zero-order valence-corrected chi connectivity index (χ0v) is 6.48. The lowest BCUT2D eigenvalue weighted by Crippen LogP contribution is -2.30. The van der Waals surface area contributed by atoms with Crippen molar-refractivity contribution in [2.75, 3.05) is 0 Å². The minimum absolute atomic E-state index is 0.599. The van der Waals surface area contributed by atoms with Crippen molar-refractivity contribution in [3.05, 3.63) is 12.2 Å². The van der Waals surface area contributed by atoms with Gasteiger partial charge in [-0.05, 0) is 6.92 Å². The zero-order chi connectivity index (χ0) is 9.07. The second-order valence-corrected chi connectivity index (χ2v) is 2.58. The van der Waals surface area contributed by atoms with Gasteiger partial charge in [-0.15, -0.1) is 0 Å². The lowest BCUT2D eigenvalue weighted by Gasteiger charge is -2.20. The standard InChI is InChI=1S/C7H12O4/c1-5(7(2,10)11)3-4-6(8)9/h3-5,10-11H,1-2H3,(H,8,9). The maximum atomic E-state index is 9.98. The molecule has 0 amide bonds. The van der Waals surface area contributed by atoms with Crippen molar-refractivity contribution in [3.8, 4) is 0 Å². The van der Waals surface area contributed by atoms with Gasteiger partial charge in [0.25, 0.3) is 0 Å². The van der Waals surface area contributed by atoms with Crippen LogP contribution in [-0.2, 0) is 4.79 Å². The molecule has 0 radical (unpaired) electrons. The molecular weight excluding hydrogens is 148 g/mol. The summed E-state index contributed by atoms with van der Waals surface area (Å²) in [6.45, 7) is 2.71. The van der Waals surface area contributed by atoms with Crippen LogP contribution >= 0.6 is 0 Å². The molecule has 11 heavy (non-hydrogen) atoms. The van der Waals surface area contributed by atoms with E-state index in [-0.39, 0.29) is 0 Å². The Morgan fingerprint density at radius 1 is 1.55 bits per heavy atom. The SMILES string of the molecule is CC(C=CC(=O)O)C(C)(O)O. The minimum Gasteiger partial charge on any atom is -0.478 e. The van der Waals surface area contributed by atoms with Crippen LogP contribution in [0.15, 0.2) is 12.2 Å². The molecule has 1 unspecified atom stereocenters. The van der Waals surface area contributed by atoms with Crippen LogP contribution in [0.5, 0.6) is 0 Å². The van der Waals surface area contributed by atoms with Crippen LogP contribution in [-0.4, -0.2) is 27.1 Å². The van der Waals surface area contributed by atoms with Crippen molar-refractivity contribution >= 4 is 5.97 Å². The summed E-state index contributed by atoms with van der Waals surface area (Å²) in [5.74, 6) is -3.55. The normalized spacial score (nSPS) is 15.3. The fourth-order valence-corrected chi connectivity index (χ4v) is 0.409. The fraction of sp³-hybridized carbons (Fsp3) is 0.571. The molecule has 3 N–H and O–H groups in total. The largest absolute Gasteiger partial charge is 0.478 e. The fourth-order valence-electron chi connectivity index (χ4n) is 0.409. The van der Waals surface area contributed by atoms with Crippen LogP contribution in [0.1, 0.15) is 13.8 Å². The second-order valence-electron chi connectivity index (χ2n) is 2.58. The first-order chi connectivity index (χ1) is 4.84. The van der Waals surface area contributed by atoms with Crippen molar-refractivity contribution in [3.63, 3.8) is 0 Å². The Labute approximate surface area is 64.8 Å². The minimum atomic E-state index is -1.86. The molecule has 0 bridgehead atoms. The van der Waals surface area contributed by atoms with E-state index in [0.717, 1.165) is 6.08 Å². The highest BCUT2D eigenvalue weighted by Gasteiger charge is 2.21. The molecule has 0 heterocycles. The molecular formula is C7H12O4. The van der Waals surface area contributed by atoms with Gasteiger partial charge < -0.3 is 15.3 Å². The van der Waals surface area contributed by atoms with Gasteiger partial charge in [0.2, 0.25) is 0 Å². The molecule has 0 aromatic carbocycles. The van der Waals surface area contributed by atoms with Crippen molar-refractivity contribution in [1.82, 2.24) is 0 Å². The maximum Gasteiger partial charge on any atom is 0.327 e. The molecule has 4 nitrogen and oxygen atoms in total. The summed E-state index contributed by atoms with van der Waals surface area (Å²) in [6.07, 6.45) is 2.11. The van der Waals surface area contributed by atoms with Crippen LogP contribution < -0.4 is 0 Å². The van der Waals surface area contributed by atoms with Crippen LogP contribution in [0.2, 0.25) is 0 Å². The Bertz CT molecular complexity index is 166. The van der Waals surface area contributed by atoms with Gasteiger partial charge in [-0.1, -0.05) is 13.0 Å². The third-order valence-electron chi connectivity index (χ3n) is 1.39. The Morgan fingerprint density at radius 3 is 2.27 bits per heavy atom. The summed E-state index contributed by atoms with van der Waals surface area (Å²) in [7, 11) is 0. The number of carboxylic acid groups (broad SMARTS) is 1. The third kappa shape index (κ3) is 4.52. The number of carboxylic acids is 1. The quantitative estimate of drug-likeness (QED) is 0.400. The van der Waals surface area contributed by atoms with Gasteiger partial charge in [0.15, 0.2) is 5.79 Å². The Hall–Kier alpha value is -0.870. The van der Waals surface area contributed by atoms with E-state index < -0.39 is 17.7 Å². The van der Waals surface area contributed by atoms with Gasteiger partial charge in [0, 0.05) is 12.0 Å². The molecule has 0 aromatic rings. The molecule has 1 atom stereocenters. The monoisotopic (exact) mass is 160 g/mol. The van der Waals surface area contributed by atoms with Crippen LogP contribution in [0.4, 0.5) is 0 Å². The molecule has 0 rings (SSSR count). The average molecular weight is 160 g/mol. The van der Waals surface area contributed by atoms with E-state index in [1.54, 1.807) is 0 Å². The molecule has 0 aliphatic heterocycles. The molecule has 0 aliphatic carbocycles. The molecule has 0 fully saturated rings. The molecule has 0 saturated carbocycles. The summed E-state index contributed by atoms with van der Waals surface area (Å²) in [5.41, 5.74) is 0. The van der Waals surface area contributed by atoms with Gasteiger partial charge in [-0.2, -0.15) is 0 Å². The van der Waals surface area contributed by atoms with E-state index in [0.29, 0.717) is 0 Å². The van der Waals surface area contributed by atoms with E-state index in [2.05, 4.69) is 0 Å². The van der Waals surface area contributed by atoms with Gasteiger partial charge >= 0.3 is 5.97 Å². The van der Waals surface area contributed by atoms with Gasteiger partial charge in [0.05, 0.1) is 0 Å². The number of hydrogen-bond acceptors (Lipinski definition) is 3. The number of aliphatic carboxylic acids is 1. The first kappa shape index (κ1) is 10.1. The highest BCUT2D eigenvalue weighted by Crippen LogP contribution is 2.13. The van der Waals surface area contributed by atoms with Crippen molar-refractivity contribution < 1.29 is 20.1 Å². The molecule has 64 valence electrons. The van der Waals surface area contributed by atoms with Crippen LogP contribution in [0, 0.1) is 5.92 Å². The smallest absolute Gasteiger partial charge is 0.327 e. The Kier molecular flexibility index (Phi) is 3.22. The summed E-state index contributed by atoms with van der Waals surface area (Å²) in [6, 6.07) is 0. The van der Waals surface area contributed by atoms with Gasteiger partial charge in [-0.3, -0.25) is 0 Å². The van der Waals surface area contributed by atoms with E-state index in [1.807, 2.05) is 0 Å². The maximum absolute atomic E-state index is 9.98. The molecule has 0 aliphatic rings. The van der Waals surface area contributed by atoms with Crippen LogP contribution in [0.3, 0.4) is 0 Å². The molecule has 0 saturated heterocycles. The summed E-state index contributed by atoms with van der Waals surface area (Å²) in [5, 5.41) is 26.0. The third-order valence-corrected chi connectivity index (χ3v) is 1.39. The highest BCUT2D eigenvalue weighted by atomic mass is 16.5. The number of carbonyl (C=O) groups is 1. The van der Waals surface area contributed by atoms with Crippen molar-refractivity contribution in [1.29, 1.82) is 0 Å². The zero-order valence-electron chi connectivity index (χ0n) is 6.48.